The van der Waals surface area contributed by atoms with E-state index in [1.54, 1.807) is 0 Å². The SMILES string of the molecule is O=c1[nH][nH]c(=CCc2ccccc2)c1=Cc1ccc[nH]1. The highest BCUT2D eigenvalue weighted by Gasteiger charge is 1.96. The van der Waals surface area contributed by atoms with Crippen molar-refractivity contribution >= 4 is 12.2 Å². The summed E-state index contributed by atoms with van der Waals surface area (Å²) in [6, 6.07) is 14.0. The second kappa shape index (κ2) is 5.48. The molecule has 20 heavy (non-hydrogen) atoms. The Balaban J connectivity index is 2.01. The van der Waals surface area contributed by atoms with Crippen molar-refractivity contribution in [3.8, 4) is 0 Å². The van der Waals surface area contributed by atoms with Crippen LogP contribution in [-0.2, 0) is 6.42 Å². The maximum atomic E-state index is 11.8. The Morgan fingerprint density at radius 2 is 1.85 bits per heavy atom. The predicted octanol–water partition coefficient (Wildman–Crippen LogP) is 0.883. The largest absolute Gasteiger partial charge is 0.362 e. The van der Waals surface area contributed by atoms with Crippen LogP contribution in [0.4, 0.5) is 0 Å². The molecule has 0 saturated carbocycles. The summed E-state index contributed by atoms with van der Waals surface area (Å²) in [6.07, 6.45) is 6.47. The summed E-state index contributed by atoms with van der Waals surface area (Å²) in [6.45, 7) is 0. The van der Waals surface area contributed by atoms with E-state index >= 15 is 0 Å². The molecule has 3 N–H and O–H groups in total. The summed E-state index contributed by atoms with van der Waals surface area (Å²) >= 11 is 0. The van der Waals surface area contributed by atoms with Crippen LogP contribution < -0.4 is 16.1 Å². The topological polar surface area (TPSA) is 64.4 Å². The summed E-state index contributed by atoms with van der Waals surface area (Å²) in [4.78, 5) is 14.9. The van der Waals surface area contributed by atoms with Crippen molar-refractivity contribution in [1.29, 1.82) is 0 Å². The first-order valence-corrected chi connectivity index (χ1v) is 6.49. The standard InChI is InChI=1S/C16H15N3O/c20-16-14(11-13-7-4-10-17-13)15(18-19-16)9-8-12-5-2-1-3-6-12/h1-7,9-11,17-18H,8H2,(H,19,20). The number of H-pyrrole nitrogens is 3. The molecule has 0 aliphatic heterocycles. The first-order valence-electron chi connectivity index (χ1n) is 6.49. The van der Waals surface area contributed by atoms with Crippen LogP contribution in [-0.4, -0.2) is 15.2 Å². The molecule has 0 bridgehead atoms. The molecule has 0 aliphatic rings. The average molecular weight is 265 g/mol. The molecule has 2 aromatic heterocycles. The zero-order valence-electron chi connectivity index (χ0n) is 10.9. The van der Waals surface area contributed by atoms with E-state index in [2.05, 4.69) is 27.3 Å². The number of benzene rings is 1. The fraction of sp³-hybridized carbons (Fsp3) is 0.0625. The molecule has 4 heteroatoms. The van der Waals surface area contributed by atoms with Gasteiger partial charge in [-0.2, -0.15) is 0 Å². The van der Waals surface area contributed by atoms with Gasteiger partial charge in [-0.15, -0.1) is 0 Å². The number of hydrogen-bond acceptors (Lipinski definition) is 1. The Morgan fingerprint density at radius 1 is 1.00 bits per heavy atom. The van der Waals surface area contributed by atoms with Crippen LogP contribution in [0.2, 0.25) is 0 Å². The summed E-state index contributed by atoms with van der Waals surface area (Å²) in [7, 11) is 0. The van der Waals surface area contributed by atoms with Gasteiger partial charge in [-0.25, -0.2) is 0 Å². The Hall–Kier alpha value is -2.75. The van der Waals surface area contributed by atoms with E-state index in [4.69, 9.17) is 0 Å². The average Bonchev–Trinajstić information content (AvgIpc) is 3.10. The number of nitrogens with one attached hydrogen (secondary N) is 3. The molecule has 1 aromatic carbocycles. The van der Waals surface area contributed by atoms with Crippen molar-refractivity contribution in [2.45, 2.75) is 6.42 Å². The molecule has 0 amide bonds. The van der Waals surface area contributed by atoms with E-state index in [-0.39, 0.29) is 5.56 Å². The molecule has 0 spiro atoms. The van der Waals surface area contributed by atoms with E-state index in [1.807, 2.05) is 48.7 Å². The van der Waals surface area contributed by atoms with Crippen molar-refractivity contribution in [2.24, 2.45) is 0 Å². The van der Waals surface area contributed by atoms with Gasteiger partial charge in [0.2, 0.25) is 0 Å². The zero-order chi connectivity index (χ0) is 13.8. The van der Waals surface area contributed by atoms with E-state index in [1.165, 1.54) is 5.56 Å². The number of aromatic nitrogens is 3. The fourth-order valence-electron chi connectivity index (χ4n) is 2.11. The molecule has 0 aliphatic carbocycles. The normalized spacial score (nSPS) is 13.0. The molecule has 0 radical (unpaired) electrons. The molecule has 3 aromatic rings. The van der Waals surface area contributed by atoms with Crippen molar-refractivity contribution in [3.63, 3.8) is 0 Å². The second-order valence-corrected chi connectivity index (χ2v) is 4.57. The second-order valence-electron chi connectivity index (χ2n) is 4.57. The third kappa shape index (κ3) is 2.64. The molecule has 0 saturated heterocycles. The van der Waals surface area contributed by atoms with Crippen molar-refractivity contribution in [1.82, 2.24) is 15.2 Å². The van der Waals surface area contributed by atoms with Gasteiger partial charge in [0.05, 0.1) is 10.6 Å². The maximum Gasteiger partial charge on any atom is 0.271 e. The number of aromatic amines is 3. The van der Waals surface area contributed by atoms with Crippen LogP contribution in [0.1, 0.15) is 11.3 Å². The quantitative estimate of drug-likeness (QED) is 0.647. The van der Waals surface area contributed by atoms with E-state index in [0.29, 0.717) is 5.22 Å². The lowest BCUT2D eigenvalue weighted by Crippen LogP contribution is -2.33. The highest BCUT2D eigenvalue weighted by Crippen LogP contribution is 1.99. The molecule has 4 nitrogen and oxygen atoms in total. The Kier molecular flexibility index (Phi) is 3.37. The van der Waals surface area contributed by atoms with Gasteiger partial charge in [-0.1, -0.05) is 36.4 Å². The van der Waals surface area contributed by atoms with Gasteiger partial charge < -0.3 is 4.98 Å². The highest BCUT2D eigenvalue weighted by atomic mass is 16.1. The monoisotopic (exact) mass is 265 g/mol. The molecule has 100 valence electrons. The van der Waals surface area contributed by atoms with Gasteiger partial charge in [0, 0.05) is 11.9 Å². The molecule has 3 rings (SSSR count). The minimum atomic E-state index is -0.112. The minimum Gasteiger partial charge on any atom is -0.362 e. The third-order valence-electron chi connectivity index (χ3n) is 3.15. The molecule has 0 unspecified atom stereocenters. The molecule has 0 fully saturated rings. The van der Waals surface area contributed by atoms with Crippen LogP contribution in [0.15, 0.2) is 53.5 Å². The lowest BCUT2D eigenvalue weighted by Gasteiger charge is -1.93. The van der Waals surface area contributed by atoms with Crippen LogP contribution in [0.3, 0.4) is 0 Å². The van der Waals surface area contributed by atoms with Crippen LogP contribution in [0.5, 0.6) is 0 Å². The molecular formula is C16H15N3O. The van der Waals surface area contributed by atoms with Gasteiger partial charge in [0.15, 0.2) is 0 Å². The number of rotatable bonds is 3. The summed E-state index contributed by atoms with van der Waals surface area (Å²) in [5.74, 6) is 0. The number of hydrogen-bond donors (Lipinski definition) is 3. The summed E-state index contributed by atoms with van der Waals surface area (Å²) in [5, 5.41) is 7.00. The van der Waals surface area contributed by atoms with Crippen LogP contribution >= 0.6 is 0 Å². The Labute approximate surface area is 115 Å². The van der Waals surface area contributed by atoms with Crippen molar-refractivity contribution in [2.75, 3.05) is 0 Å². The van der Waals surface area contributed by atoms with E-state index in [0.717, 1.165) is 17.5 Å². The predicted molar refractivity (Wildman–Crippen MR) is 79.6 cm³/mol. The van der Waals surface area contributed by atoms with Gasteiger partial charge in [0.25, 0.3) is 5.56 Å². The van der Waals surface area contributed by atoms with E-state index in [9.17, 15) is 4.79 Å². The van der Waals surface area contributed by atoms with Crippen LogP contribution in [0, 0.1) is 0 Å². The summed E-state index contributed by atoms with van der Waals surface area (Å²) < 4.78 is 0. The third-order valence-corrected chi connectivity index (χ3v) is 3.15. The summed E-state index contributed by atoms with van der Waals surface area (Å²) in [5.41, 5.74) is 2.00. The van der Waals surface area contributed by atoms with Gasteiger partial charge in [-0.05, 0) is 30.2 Å². The van der Waals surface area contributed by atoms with Gasteiger partial charge >= 0.3 is 0 Å². The van der Waals surface area contributed by atoms with Crippen molar-refractivity contribution in [3.05, 3.63) is 80.8 Å². The zero-order valence-corrected chi connectivity index (χ0v) is 10.9. The Morgan fingerprint density at radius 3 is 2.60 bits per heavy atom. The highest BCUT2D eigenvalue weighted by molar-refractivity contribution is 5.45. The minimum absolute atomic E-state index is 0.112. The smallest absolute Gasteiger partial charge is 0.271 e. The molecule has 2 heterocycles. The molecular weight excluding hydrogens is 250 g/mol. The van der Waals surface area contributed by atoms with Crippen molar-refractivity contribution < 1.29 is 0 Å². The fourth-order valence-corrected chi connectivity index (χ4v) is 2.11. The lowest BCUT2D eigenvalue weighted by molar-refractivity contribution is 1.03. The first-order chi connectivity index (χ1) is 9.83. The first kappa shape index (κ1) is 12.3. The van der Waals surface area contributed by atoms with E-state index < -0.39 is 0 Å². The van der Waals surface area contributed by atoms with Crippen LogP contribution in [0.25, 0.3) is 12.2 Å². The maximum absolute atomic E-state index is 11.8. The molecule has 0 atom stereocenters. The van der Waals surface area contributed by atoms with Gasteiger partial charge in [-0.3, -0.25) is 15.0 Å². The Bertz CT molecular complexity index is 839. The lowest BCUT2D eigenvalue weighted by atomic mass is 10.1. The van der Waals surface area contributed by atoms with Gasteiger partial charge in [0.1, 0.15) is 0 Å².